The van der Waals surface area contributed by atoms with E-state index in [1.807, 2.05) is 30.3 Å². The molecular weight excluding hydrogens is 418 g/mol. The molecule has 0 aliphatic carbocycles. The number of nitrogens with zero attached hydrogens (tertiary/aromatic N) is 3. The molecule has 2 aromatic rings. The largest absolute Gasteiger partial charge is 0.381 e. The molecule has 1 aromatic carbocycles. The molecule has 31 heavy (non-hydrogen) atoms. The monoisotopic (exact) mass is 449 g/mol. The summed E-state index contributed by atoms with van der Waals surface area (Å²) in [5.74, 6) is 1.48. The first kappa shape index (κ1) is 22.4. The van der Waals surface area contributed by atoms with E-state index >= 15 is 0 Å². The molecule has 2 fully saturated rings. The minimum Gasteiger partial charge on any atom is -0.381 e. The fraction of sp³-hybridized carbons (Fsp3) is 0.636. The molecule has 1 unspecified atom stereocenters. The summed E-state index contributed by atoms with van der Waals surface area (Å²) in [7, 11) is -3.49. The van der Waals surface area contributed by atoms with E-state index in [-0.39, 0.29) is 5.75 Å². The van der Waals surface area contributed by atoms with E-state index < -0.39 is 16.1 Å². The van der Waals surface area contributed by atoms with Crippen LogP contribution in [0.3, 0.4) is 0 Å². The number of hydrogen-bond acceptors (Lipinski definition) is 7. The van der Waals surface area contributed by atoms with Gasteiger partial charge in [0.05, 0.1) is 12.4 Å². The van der Waals surface area contributed by atoms with Crippen molar-refractivity contribution in [3.8, 4) is 0 Å². The molecule has 9 heteroatoms. The van der Waals surface area contributed by atoms with Gasteiger partial charge in [0.1, 0.15) is 6.04 Å². The normalized spacial score (nSPS) is 21.4. The van der Waals surface area contributed by atoms with Crippen molar-refractivity contribution in [3.63, 3.8) is 0 Å². The first-order chi connectivity index (χ1) is 15.1. The molecule has 0 spiro atoms. The maximum absolute atomic E-state index is 13.1. The molecule has 2 saturated heterocycles. The summed E-state index contributed by atoms with van der Waals surface area (Å²) in [6.07, 6.45) is 5.11. The van der Waals surface area contributed by atoms with Crippen LogP contribution >= 0.6 is 0 Å². The summed E-state index contributed by atoms with van der Waals surface area (Å²) in [6.45, 7) is 3.35. The Morgan fingerprint density at radius 2 is 1.90 bits per heavy atom. The molecule has 1 atom stereocenters. The third kappa shape index (κ3) is 6.12. The zero-order valence-electron chi connectivity index (χ0n) is 17.8. The van der Waals surface area contributed by atoms with Crippen LogP contribution in [0.25, 0.3) is 0 Å². The standard InChI is InChI=1S/C22H31N3O5S/c26-31(27,17-19-6-2-1-3-7-19)25-12-5-4-8-20(25)22-23-21(24-30-22)11-15-29-16-18-9-13-28-14-10-18/h1-3,6-7,18,20H,4-5,8-17H2. The van der Waals surface area contributed by atoms with Crippen LogP contribution in [0.5, 0.6) is 0 Å². The molecule has 2 aliphatic rings. The Balaban J connectivity index is 1.34. The molecule has 0 radical (unpaired) electrons. The van der Waals surface area contributed by atoms with E-state index in [0.29, 0.717) is 43.6 Å². The average molecular weight is 450 g/mol. The van der Waals surface area contributed by atoms with Crippen molar-refractivity contribution in [1.82, 2.24) is 14.4 Å². The van der Waals surface area contributed by atoms with Crippen molar-refractivity contribution >= 4 is 10.0 Å². The lowest BCUT2D eigenvalue weighted by Crippen LogP contribution is -2.39. The molecule has 8 nitrogen and oxygen atoms in total. The van der Waals surface area contributed by atoms with Crippen LogP contribution < -0.4 is 0 Å². The highest BCUT2D eigenvalue weighted by Crippen LogP contribution is 2.33. The number of aromatic nitrogens is 2. The van der Waals surface area contributed by atoms with Crippen molar-refractivity contribution in [3.05, 3.63) is 47.6 Å². The molecule has 0 N–H and O–H groups in total. The van der Waals surface area contributed by atoms with Crippen molar-refractivity contribution in [1.29, 1.82) is 0 Å². The van der Waals surface area contributed by atoms with Gasteiger partial charge in [-0.2, -0.15) is 9.29 Å². The number of piperidine rings is 1. The van der Waals surface area contributed by atoms with Gasteiger partial charge in [0.15, 0.2) is 5.82 Å². The number of ether oxygens (including phenoxy) is 2. The van der Waals surface area contributed by atoms with Crippen LogP contribution in [0.2, 0.25) is 0 Å². The van der Waals surface area contributed by atoms with Gasteiger partial charge in [0, 0.05) is 32.8 Å². The van der Waals surface area contributed by atoms with Gasteiger partial charge in [0.25, 0.3) is 0 Å². The second-order valence-corrected chi connectivity index (χ2v) is 10.2. The number of hydrogen-bond donors (Lipinski definition) is 0. The summed E-state index contributed by atoms with van der Waals surface area (Å²) in [5, 5.41) is 4.07. The maximum Gasteiger partial charge on any atom is 0.245 e. The second-order valence-electron chi connectivity index (χ2n) is 8.29. The van der Waals surface area contributed by atoms with Gasteiger partial charge in [-0.25, -0.2) is 8.42 Å². The number of benzene rings is 1. The van der Waals surface area contributed by atoms with Crippen LogP contribution in [-0.4, -0.2) is 55.8 Å². The number of rotatable bonds is 9. The maximum atomic E-state index is 13.1. The molecule has 0 saturated carbocycles. The van der Waals surface area contributed by atoms with Crippen LogP contribution in [0, 0.1) is 5.92 Å². The first-order valence-corrected chi connectivity index (χ1v) is 12.7. The van der Waals surface area contributed by atoms with Gasteiger partial charge in [-0.15, -0.1) is 0 Å². The highest BCUT2D eigenvalue weighted by molar-refractivity contribution is 7.88. The summed E-state index contributed by atoms with van der Waals surface area (Å²) >= 11 is 0. The van der Waals surface area contributed by atoms with E-state index in [4.69, 9.17) is 14.0 Å². The molecule has 0 bridgehead atoms. The van der Waals surface area contributed by atoms with E-state index in [2.05, 4.69) is 10.1 Å². The quantitative estimate of drug-likeness (QED) is 0.543. The molecule has 170 valence electrons. The second kappa shape index (κ2) is 10.7. The molecule has 2 aliphatic heterocycles. The van der Waals surface area contributed by atoms with Crippen LogP contribution in [0.1, 0.15) is 55.4 Å². The fourth-order valence-corrected chi connectivity index (χ4v) is 5.95. The molecular formula is C22H31N3O5S. The minimum atomic E-state index is -3.49. The summed E-state index contributed by atoms with van der Waals surface area (Å²) in [6, 6.07) is 8.86. The lowest BCUT2D eigenvalue weighted by atomic mass is 10.0. The van der Waals surface area contributed by atoms with E-state index in [1.165, 1.54) is 0 Å². The van der Waals surface area contributed by atoms with Crippen LogP contribution in [0.15, 0.2) is 34.9 Å². The SMILES string of the molecule is O=S(=O)(Cc1ccccc1)N1CCCCC1c1nc(CCOCC2CCOCC2)no1. The first-order valence-electron chi connectivity index (χ1n) is 11.1. The molecule has 3 heterocycles. The average Bonchev–Trinajstić information content (AvgIpc) is 3.27. The summed E-state index contributed by atoms with van der Waals surface area (Å²) < 4.78 is 44.4. The Morgan fingerprint density at radius 3 is 2.71 bits per heavy atom. The number of sulfonamides is 1. The molecule has 0 amide bonds. The molecule has 1 aromatic heterocycles. The highest BCUT2D eigenvalue weighted by Gasteiger charge is 2.36. The summed E-state index contributed by atoms with van der Waals surface area (Å²) in [4.78, 5) is 4.51. The van der Waals surface area contributed by atoms with Crippen LogP contribution in [-0.2, 0) is 31.7 Å². The van der Waals surface area contributed by atoms with Gasteiger partial charge >= 0.3 is 0 Å². The van der Waals surface area contributed by atoms with Gasteiger partial charge in [-0.3, -0.25) is 0 Å². The van der Waals surface area contributed by atoms with Gasteiger partial charge in [-0.05, 0) is 37.2 Å². The van der Waals surface area contributed by atoms with Crippen molar-refractivity contribution in [2.24, 2.45) is 5.92 Å². The Hall–Kier alpha value is -1.81. The highest BCUT2D eigenvalue weighted by atomic mass is 32.2. The van der Waals surface area contributed by atoms with E-state index in [1.54, 1.807) is 4.31 Å². The van der Waals surface area contributed by atoms with Gasteiger partial charge in [-0.1, -0.05) is 41.9 Å². The lowest BCUT2D eigenvalue weighted by molar-refractivity contribution is 0.0211. The van der Waals surface area contributed by atoms with Gasteiger partial charge < -0.3 is 14.0 Å². The smallest absolute Gasteiger partial charge is 0.245 e. The molecule has 4 rings (SSSR count). The Kier molecular flexibility index (Phi) is 7.71. The topological polar surface area (TPSA) is 94.8 Å². The predicted octanol–water partition coefficient (Wildman–Crippen LogP) is 3.11. The lowest BCUT2D eigenvalue weighted by Gasteiger charge is -2.32. The summed E-state index contributed by atoms with van der Waals surface area (Å²) in [5.41, 5.74) is 0.778. The Labute approximate surface area is 184 Å². The van der Waals surface area contributed by atoms with Crippen molar-refractivity contribution in [2.75, 3.05) is 33.0 Å². The fourth-order valence-electron chi connectivity index (χ4n) is 4.18. The minimum absolute atomic E-state index is 0.0224. The Bertz CT molecular complexity index is 912. The van der Waals surface area contributed by atoms with Crippen LogP contribution in [0.4, 0.5) is 0 Å². The third-order valence-corrected chi connectivity index (χ3v) is 7.79. The Morgan fingerprint density at radius 1 is 1.10 bits per heavy atom. The third-order valence-electron chi connectivity index (χ3n) is 5.94. The van der Waals surface area contributed by atoms with Crippen molar-refractivity contribution in [2.45, 2.75) is 50.3 Å². The van der Waals surface area contributed by atoms with Gasteiger partial charge in [0.2, 0.25) is 15.9 Å². The van der Waals surface area contributed by atoms with E-state index in [0.717, 1.165) is 51.1 Å². The van der Waals surface area contributed by atoms with Crippen molar-refractivity contribution < 1.29 is 22.4 Å². The predicted molar refractivity (Wildman–Crippen MR) is 115 cm³/mol. The zero-order valence-corrected chi connectivity index (χ0v) is 18.6. The van der Waals surface area contributed by atoms with E-state index in [9.17, 15) is 8.42 Å². The zero-order chi connectivity index (χ0) is 21.5.